The summed E-state index contributed by atoms with van der Waals surface area (Å²) in [6, 6.07) is 2.91. The first-order valence-electron chi connectivity index (χ1n) is 4.85. The van der Waals surface area contributed by atoms with E-state index in [2.05, 4.69) is 15.5 Å². The van der Waals surface area contributed by atoms with E-state index in [1.807, 2.05) is 0 Å². The second kappa shape index (κ2) is 4.70. The number of aromatic amines is 1. The Hall–Kier alpha value is -1.64. The number of rotatable bonds is 5. The molecule has 2 rings (SSSR count). The van der Waals surface area contributed by atoms with Gasteiger partial charge in [0.25, 0.3) is 10.0 Å². The van der Waals surface area contributed by atoms with Gasteiger partial charge >= 0.3 is 0 Å². The number of aromatic nitrogens is 2. The second-order valence-electron chi connectivity index (χ2n) is 3.48. The van der Waals surface area contributed by atoms with Crippen LogP contribution >= 0.6 is 0 Å². The van der Waals surface area contributed by atoms with Gasteiger partial charge in [0.05, 0.1) is 12.7 Å². The zero-order valence-corrected chi connectivity index (χ0v) is 9.70. The highest BCUT2D eigenvalue weighted by Gasteiger charge is 2.12. The minimum atomic E-state index is -3.76. The molecule has 0 aliphatic heterocycles. The van der Waals surface area contributed by atoms with Crippen LogP contribution in [0.2, 0.25) is 0 Å². The van der Waals surface area contributed by atoms with Gasteiger partial charge in [-0.1, -0.05) is 0 Å². The van der Waals surface area contributed by atoms with E-state index in [0.29, 0.717) is 18.8 Å². The zero-order valence-electron chi connectivity index (χ0n) is 8.88. The zero-order chi connectivity index (χ0) is 12.3. The Labute approximate surface area is 98.1 Å². The van der Waals surface area contributed by atoms with Crippen LogP contribution in [0, 0.1) is 0 Å². The van der Waals surface area contributed by atoms with Crippen LogP contribution in [-0.2, 0) is 23.1 Å². The lowest BCUT2D eigenvalue weighted by molar-refractivity contribution is 0.402. The molecule has 0 aliphatic rings. The van der Waals surface area contributed by atoms with Crippen molar-refractivity contribution in [2.75, 3.05) is 0 Å². The van der Waals surface area contributed by atoms with Crippen molar-refractivity contribution in [3.05, 3.63) is 35.9 Å². The van der Waals surface area contributed by atoms with Gasteiger partial charge in [-0.3, -0.25) is 5.10 Å². The van der Waals surface area contributed by atoms with Gasteiger partial charge in [0.2, 0.25) is 5.09 Å². The molecule has 17 heavy (non-hydrogen) atoms. The van der Waals surface area contributed by atoms with Crippen LogP contribution in [0.4, 0.5) is 0 Å². The molecule has 2 aromatic heterocycles. The van der Waals surface area contributed by atoms with E-state index < -0.39 is 10.0 Å². The van der Waals surface area contributed by atoms with Crippen LogP contribution < -0.4 is 10.5 Å². The Balaban J connectivity index is 1.90. The van der Waals surface area contributed by atoms with Crippen molar-refractivity contribution in [2.45, 2.75) is 18.2 Å². The SMILES string of the molecule is NS(=O)(=O)c1ccc(CNCc2cn[nH]c2)o1. The van der Waals surface area contributed by atoms with Crippen LogP contribution in [0.1, 0.15) is 11.3 Å². The standard InChI is InChI=1S/C9H12N4O3S/c10-17(14,15)9-2-1-8(16-9)6-11-3-7-4-12-13-5-7/h1-2,4-5,11H,3,6H2,(H,12,13)(H2,10,14,15). The molecular formula is C9H12N4O3S. The van der Waals surface area contributed by atoms with Gasteiger partial charge in [0, 0.05) is 18.3 Å². The molecule has 0 fully saturated rings. The van der Waals surface area contributed by atoms with Crippen molar-refractivity contribution in [1.29, 1.82) is 0 Å². The van der Waals surface area contributed by atoms with E-state index in [-0.39, 0.29) is 5.09 Å². The third-order valence-corrected chi connectivity index (χ3v) is 2.88. The quantitative estimate of drug-likeness (QED) is 0.693. The van der Waals surface area contributed by atoms with Crippen molar-refractivity contribution >= 4 is 10.0 Å². The fourth-order valence-electron chi connectivity index (χ4n) is 1.31. The lowest BCUT2D eigenvalue weighted by Crippen LogP contribution is -2.12. The highest BCUT2D eigenvalue weighted by Crippen LogP contribution is 2.11. The van der Waals surface area contributed by atoms with Gasteiger partial charge in [-0.25, -0.2) is 13.6 Å². The average Bonchev–Trinajstić information content (AvgIpc) is 2.86. The second-order valence-corrected chi connectivity index (χ2v) is 4.97. The lowest BCUT2D eigenvalue weighted by atomic mass is 10.3. The number of hydrogen-bond donors (Lipinski definition) is 3. The molecular weight excluding hydrogens is 244 g/mol. The minimum absolute atomic E-state index is 0.224. The molecule has 0 radical (unpaired) electrons. The van der Waals surface area contributed by atoms with Gasteiger partial charge in [-0.15, -0.1) is 0 Å². The Morgan fingerprint density at radius 3 is 2.82 bits per heavy atom. The van der Waals surface area contributed by atoms with E-state index in [1.54, 1.807) is 18.5 Å². The molecule has 0 spiro atoms. The molecule has 0 saturated carbocycles. The average molecular weight is 256 g/mol. The summed E-state index contributed by atoms with van der Waals surface area (Å²) in [4.78, 5) is 0. The maximum Gasteiger partial charge on any atom is 0.271 e. The van der Waals surface area contributed by atoms with E-state index in [9.17, 15) is 8.42 Å². The predicted molar refractivity (Wildman–Crippen MR) is 59.2 cm³/mol. The maximum atomic E-state index is 11.0. The molecule has 92 valence electrons. The summed E-state index contributed by atoms with van der Waals surface area (Å²) >= 11 is 0. The summed E-state index contributed by atoms with van der Waals surface area (Å²) in [6.45, 7) is 1.03. The highest BCUT2D eigenvalue weighted by molar-refractivity contribution is 7.89. The topological polar surface area (TPSA) is 114 Å². The minimum Gasteiger partial charge on any atom is -0.447 e. The summed E-state index contributed by atoms with van der Waals surface area (Å²) in [5.74, 6) is 0.512. The predicted octanol–water partition coefficient (Wildman–Crippen LogP) is -0.0601. The first-order chi connectivity index (χ1) is 8.05. The number of furan rings is 1. The third-order valence-electron chi connectivity index (χ3n) is 2.10. The Morgan fingerprint density at radius 1 is 1.41 bits per heavy atom. The summed E-state index contributed by atoms with van der Waals surface area (Å²) in [7, 11) is -3.76. The number of hydrogen-bond acceptors (Lipinski definition) is 5. The summed E-state index contributed by atoms with van der Waals surface area (Å²) < 4.78 is 27.0. The van der Waals surface area contributed by atoms with Crippen molar-refractivity contribution in [2.24, 2.45) is 5.14 Å². The van der Waals surface area contributed by atoms with Crippen molar-refractivity contribution in [1.82, 2.24) is 15.5 Å². The smallest absolute Gasteiger partial charge is 0.271 e. The summed E-state index contributed by atoms with van der Waals surface area (Å²) in [5.41, 5.74) is 1.00. The van der Waals surface area contributed by atoms with Crippen LogP contribution in [0.15, 0.2) is 34.0 Å². The normalized spacial score (nSPS) is 11.8. The molecule has 0 saturated heterocycles. The number of primary sulfonamides is 1. The maximum absolute atomic E-state index is 11.0. The fraction of sp³-hybridized carbons (Fsp3) is 0.222. The number of nitrogens with one attached hydrogen (secondary N) is 2. The van der Waals surface area contributed by atoms with E-state index in [1.165, 1.54) is 6.07 Å². The van der Waals surface area contributed by atoms with Gasteiger partial charge < -0.3 is 9.73 Å². The van der Waals surface area contributed by atoms with Crippen LogP contribution in [0.5, 0.6) is 0 Å². The van der Waals surface area contributed by atoms with Crippen LogP contribution in [-0.4, -0.2) is 18.6 Å². The van der Waals surface area contributed by atoms with E-state index in [4.69, 9.17) is 9.56 Å². The summed E-state index contributed by atoms with van der Waals surface area (Å²) in [6.07, 6.45) is 3.47. The Kier molecular flexibility index (Phi) is 3.27. The molecule has 0 aliphatic carbocycles. The van der Waals surface area contributed by atoms with E-state index in [0.717, 1.165) is 5.56 Å². The number of nitrogens with two attached hydrogens (primary N) is 1. The van der Waals surface area contributed by atoms with Crippen molar-refractivity contribution < 1.29 is 12.8 Å². The monoisotopic (exact) mass is 256 g/mol. The summed E-state index contributed by atoms with van der Waals surface area (Å²) in [5, 5.41) is 14.3. The molecule has 0 unspecified atom stereocenters. The molecule has 0 amide bonds. The van der Waals surface area contributed by atoms with Crippen molar-refractivity contribution in [3.8, 4) is 0 Å². The molecule has 8 heteroatoms. The lowest BCUT2D eigenvalue weighted by Gasteiger charge is -1.99. The molecule has 2 aromatic rings. The Bertz CT molecular complexity index is 573. The van der Waals surface area contributed by atoms with Gasteiger partial charge in [0.1, 0.15) is 5.76 Å². The molecule has 0 atom stereocenters. The molecule has 7 nitrogen and oxygen atoms in total. The first-order valence-corrected chi connectivity index (χ1v) is 6.40. The number of H-pyrrole nitrogens is 1. The molecule has 2 heterocycles. The van der Waals surface area contributed by atoms with Crippen LogP contribution in [0.25, 0.3) is 0 Å². The third kappa shape index (κ3) is 3.16. The molecule has 0 aromatic carbocycles. The van der Waals surface area contributed by atoms with Gasteiger partial charge in [-0.2, -0.15) is 5.10 Å². The highest BCUT2D eigenvalue weighted by atomic mass is 32.2. The molecule has 4 N–H and O–H groups in total. The largest absolute Gasteiger partial charge is 0.447 e. The van der Waals surface area contributed by atoms with Gasteiger partial charge in [0.15, 0.2) is 0 Å². The fourth-order valence-corrected chi connectivity index (χ4v) is 1.79. The Morgan fingerprint density at radius 2 is 2.24 bits per heavy atom. The number of sulfonamides is 1. The van der Waals surface area contributed by atoms with Gasteiger partial charge in [-0.05, 0) is 12.1 Å². The molecule has 0 bridgehead atoms. The van der Waals surface area contributed by atoms with Crippen molar-refractivity contribution in [3.63, 3.8) is 0 Å². The van der Waals surface area contributed by atoms with E-state index >= 15 is 0 Å². The first kappa shape index (κ1) is 11.8. The van der Waals surface area contributed by atoms with Crippen LogP contribution in [0.3, 0.4) is 0 Å². The number of nitrogens with zero attached hydrogens (tertiary/aromatic N) is 1.